The second-order valence-corrected chi connectivity index (χ2v) is 7.43. The van der Waals surface area contributed by atoms with E-state index in [4.69, 9.17) is 28.4 Å². The topological polar surface area (TPSA) is 57.2 Å². The van der Waals surface area contributed by atoms with Crippen molar-refractivity contribution < 1.29 is 33.2 Å². The molecular formula is C16H28BNO5. The van der Waals surface area contributed by atoms with Crippen LogP contribution in [0.1, 0.15) is 64.9 Å². The van der Waals surface area contributed by atoms with Crippen LogP contribution in [0.3, 0.4) is 0 Å². The Balaban J connectivity index is 2.74. The molecule has 0 aromatic heterocycles. The summed E-state index contributed by atoms with van der Waals surface area (Å²) >= 11 is 0. The summed E-state index contributed by atoms with van der Waals surface area (Å²) in [4.78, 5) is 13.0. The molecule has 2 rings (SSSR count). The molecule has 23 heavy (non-hydrogen) atoms. The molecule has 2 aliphatic heterocycles. The first-order chi connectivity index (χ1) is 13.0. The fourth-order valence-electron chi connectivity index (χ4n) is 1.89. The average Bonchev–Trinajstić information content (AvgIpc) is 2.66. The van der Waals surface area contributed by atoms with Gasteiger partial charge >= 0.3 is 13.2 Å². The molecule has 0 aliphatic carbocycles. The number of nitrogens with zero attached hydrogens (tertiary/aromatic N) is 1. The van der Waals surface area contributed by atoms with Crippen molar-refractivity contribution in [3.8, 4) is 0 Å². The highest BCUT2D eigenvalue weighted by Gasteiger charge is 2.54. The first kappa shape index (κ1) is 10.6. The Hall–Kier alpha value is -1.21. The Labute approximate surface area is 149 Å². The molecule has 0 bridgehead atoms. The molecule has 1 fully saturated rings. The van der Waals surface area contributed by atoms with Crippen LogP contribution in [0.5, 0.6) is 0 Å². The molecule has 0 saturated carbocycles. The minimum atomic E-state index is -3.20. The lowest BCUT2D eigenvalue weighted by Gasteiger charge is -2.32. The van der Waals surface area contributed by atoms with Crippen LogP contribution in [0, 0.1) is 0 Å². The van der Waals surface area contributed by atoms with Crippen molar-refractivity contribution in [3.05, 3.63) is 11.4 Å². The van der Waals surface area contributed by atoms with Gasteiger partial charge in [-0.15, -0.1) is 0 Å². The normalized spacial score (nSPS) is 33.3. The third-order valence-corrected chi connectivity index (χ3v) is 3.82. The minimum absolute atomic E-state index is 0.148. The molecule has 0 unspecified atom stereocenters. The van der Waals surface area contributed by atoms with Crippen LogP contribution in [0.4, 0.5) is 4.79 Å². The van der Waals surface area contributed by atoms with Crippen LogP contribution in [-0.2, 0) is 18.8 Å². The molecule has 0 spiro atoms. The van der Waals surface area contributed by atoms with E-state index in [1.54, 1.807) is 27.7 Å². The van der Waals surface area contributed by atoms with Gasteiger partial charge in [0.2, 0.25) is 0 Å². The van der Waals surface area contributed by atoms with E-state index in [9.17, 15) is 4.79 Å². The van der Waals surface area contributed by atoms with Gasteiger partial charge in [0.1, 0.15) is 17.8 Å². The fraction of sp³-hybridized carbons (Fsp3) is 0.812. The molecule has 0 atom stereocenters. The van der Waals surface area contributed by atoms with Crippen LogP contribution < -0.4 is 0 Å². The molecular weight excluding hydrogens is 297 g/mol. The van der Waals surface area contributed by atoms with Crippen LogP contribution in [-0.4, -0.2) is 48.0 Å². The van der Waals surface area contributed by atoms with Crippen LogP contribution >= 0.6 is 0 Å². The Morgan fingerprint density at radius 3 is 2.35 bits per heavy atom. The molecule has 2 heterocycles. The molecule has 6 nitrogen and oxygen atoms in total. The van der Waals surface area contributed by atoms with Crippen molar-refractivity contribution in [1.29, 1.82) is 0 Å². The molecule has 0 aromatic carbocycles. The van der Waals surface area contributed by atoms with E-state index in [1.807, 2.05) is 0 Å². The van der Waals surface area contributed by atoms with Crippen molar-refractivity contribution in [3.63, 3.8) is 0 Å². The lowest BCUT2D eigenvalue weighted by molar-refractivity contribution is 0.00578. The van der Waals surface area contributed by atoms with Crippen molar-refractivity contribution in [2.45, 2.75) is 72.1 Å². The van der Waals surface area contributed by atoms with Crippen molar-refractivity contribution in [2.24, 2.45) is 0 Å². The SMILES string of the molecule is [2H]C([2H])([2H])C1=C(B2OC(C)(C)C(C)(C)O2)OC([2H])([2H])C([2H])([2H])N1C(=O)OC(C)(C)C. The van der Waals surface area contributed by atoms with Gasteiger partial charge in [-0.05, 0) is 55.3 Å². The molecule has 130 valence electrons. The highest BCUT2D eigenvalue weighted by molar-refractivity contribution is 6.54. The van der Waals surface area contributed by atoms with Crippen molar-refractivity contribution in [2.75, 3.05) is 13.1 Å². The number of amides is 1. The summed E-state index contributed by atoms with van der Waals surface area (Å²) in [7, 11) is -1.48. The largest absolute Gasteiger partial charge is 0.534 e. The Morgan fingerprint density at radius 1 is 1.30 bits per heavy atom. The van der Waals surface area contributed by atoms with Gasteiger partial charge in [-0.3, -0.25) is 4.90 Å². The molecule has 2 aliphatic rings. The second kappa shape index (κ2) is 5.70. The standard InChI is InChI=1S/C16H28BNO5/c1-11-12(17-22-15(5,6)16(7,8)23-17)20-10-9-18(11)13(19)21-14(2,3)4/h9-10H2,1-8H3/i1D3,9D2,10D2. The van der Waals surface area contributed by atoms with Gasteiger partial charge < -0.3 is 18.8 Å². The Kier molecular flexibility index (Phi) is 2.63. The molecule has 0 aromatic rings. The average molecular weight is 332 g/mol. The van der Waals surface area contributed by atoms with Gasteiger partial charge in [-0.2, -0.15) is 0 Å². The number of carbonyl (C=O) groups excluding carboxylic acids is 1. The van der Waals surface area contributed by atoms with E-state index in [0.717, 1.165) is 0 Å². The third-order valence-electron chi connectivity index (χ3n) is 3.82. The van der Waals surface area contributed by atoms with Gasteiger partial charge in [0.05, 0.1) is 28.9 Å². The second-order valence-electron chi connectivity index (χ2n) is 7.43. The summed E-state index contributed by atoms with van der Waals surface area (Å²) in [5.41, 5.74) is -4.47. The van der Waals surface area contributed by atoms with Crippen LogP contribution in [0.15, 0.2) is 11.4 Å². The zero-order chi connectivity index (χ0) is 23.7. The maximum Gasteiger partial charge on any atom is 0.534 e. The number of allylic oxidation sites excluding steroid dienone is 1. The summed E-state index contributed by atoms with van der Waals surface area (Å²) in [6.07, 6.45) is -1.38. The number of hydrogen-bond acceptors (Lipinski definition) is 5. The molecule has 0 N–H and O–H groups in total. The first-order valence-corrected chi connectivity index (χ1v) is 7.36. The molecule has 1 saturated heterocycles. The molecule has 7 heteroatoms. The van der Waals surface area contributed by atoms with Crippen LogP contribution in [0.2, 0.25) is 0 Å². The predicted molar refractivity (Wildman–Crippen MR) is 87.7 cm³/mol. The Morgan fingerprint density at radius 2 is 1.87 bits per heavy atom. The van der Waals surface area contributed by atoms with Crippen molar-refractivity contribution in [1.82, 2.24) is 4.90 Å². The maximum absolute atomic E-state index is 12.9. The van der Waals surface area contributed by atoms with E-state index < -0.39 is 61.3 Å². The van der Waals surface area contributed by atoms with Gasteiger partial charge in [-0.25, -0.2) is 4.79 Å². The zero-order valence-corrected chi connectivity index (χ0v) is 14.6. The monoisotopic (exact) mass is 332 g/mol. The summed E-state index contributed by atoms with van der Waals surface area (Å²) in [5.74, 6) is 0. The Bertz CT molecular complexity index is 742. The van der Waals surface area contributed by atoms with E-state index in [2.05, 4.69) is 0 Å². The number of carbonyl (C=O) groups is 1. The lowest BCUT2D eigenvalue weighted by atomic mass is 9.84. The third kappa shape index (κ3) is 3.66. The van der Waals surface area contributed by atoms with Gasteiger partial charge in [0.25, 0.3) is 0 Å². The quantitative estimate of drug-likeness (QED) is 0.691. The molecule has 0 radical (unpaired) electrons. The fourth-order valence-corrected chi connectivity index (χ4v) is 1.89. The highest BCUT2D eigenvalue weighted by atomic mass is 16.7. The number of ether oxygens (including phenoxy) is 2. The van der Waals surface area contributed by atoms with E-state index in [1.165, 1.54) is 20.8 Å². The lowest BCUT2D eigenvalue weighted by Crippen LogP contribution is -2.43. The maximum atomic E-state index is 12.9. The number of hydrogen-bond donors (Lipinski definition) is 0. The smallest absolute Gasteiger partial charge is 0.498 e. The zero-order valence-electron chi connectivity index (χ0n) is 21.6. The highest BCUT2D eigenvalue weighted by Crippen LogP contribution is 2.40. The van der Waals surface area contributed by atoms with Crippen LogP contribution in [0.25, 0.3) is 0 Å². The summed E-state index contributed by atoms with van der Waals surface area (Å²) < 4.78 is 78.2. The van der Waals surface area contributed by atoms with Gasteiger partial charge in [0, 0.05) is 4.11 Å². The predicted octanol–water partition coefficient (Wildman–Crippen LogP) is 3.12. The summed E-state index contributed by atoms with van der Waals surface area (Å²) in [6.45, 7) is 1.94. The van der Waals surface area contributed by atoms with E-state index >= 15 is 0 Å². The summed E-state index contributed by atoms with van der Waals surface area (Å²) in [6, 6.07) is 0. The summed E-state index contributed by atoms with van der Waals surface area (Å²) in [5, 5.41) is 0. The number of rotatable bonds is 1. The van der Waals surface area contributed by atoms with Crippen molar-refractivity contribution >= 4 is 13.2 Å². The first-order valence-electron chi connectivity index (χ1n) is 10.9. The minimum Gasteiger partial charge on any atom is -0.498 e. The van der Waals surface area contributed by atoms with Gasteiger partial charge in [0.15, 0.2) is 0 Å². The van der Waals surface area contributed by atoms with E-state index in [-0.39, 0.29) is 4.90 Å². The van der Waals surface area contributed by atoms with Gasteiger partial charge in [-0.1, -0.05) is 0 Å². The van der Waals surface area contributed by atoms with E-state index in [0.29, 0.717) is 0 Å². The molecule has 1 amide bonds.